The first kappa shape index (κ1) is 13.4. The third-order valence-electron chi connectivity index (χ3n) is 4.37. The summed E-state index contributed by atoms with van der Waals surface area (Å²) in [6.07, 6.45) is 4.14. The molecule has 4 nitrogen and oxygen atoms in total. The summed E-state index contributed by atoms with van der Waals surface area (Å²) in [5, 5.41) is 7.86. The van der Waals surface area contributed by atoms with Crippen LogP contribution in [0, 0.1) is 0 Å². The van der Waals surface area contributed by atoms with Crippen LogP contribution in [0.15, 0.2) is 30.3 Å². The maximum Gasteiger partial charge on any atom is 0.248 e. The fraction of sp³-hybridized carbons (Fsp3) is 0.562. The van der Waals surface area contributed by atoms with Gasteiger partial charge in [0.1, 0.15) is 5.54 Å². The van der Waals surface area contributed by atoms with E-state index in [0.717, 1.165) is 57.5 Å². The van der Waals surface area contributed by atoms with E-state index in [0.29, 0.717) is 0 Å². The Bertz CT molecular complexity index is 448. The van der Waals surface area contributed by atoms with Gasteiger partial charge in [0.2, 0.25) is 5.91 Å². The molecule has 0 bridgehead atoms. The predicted octanol–water partition coefficient (Wildman–Crippen LogP) is 1.86. The topological polar surface area (TPSA) is 46.4 Å². The molecule has 0 unspecified atom stereocenters. The Hall–Kier alpha value is -1.55. The molecule has 1 aliphatic heterocycles. The molecular formula is C16H22N3O. The van der Waals surface area contributed by atoms with E-state index in [9.17, 15) is 4.79 Å². The van der Waals surface area contributed by atoms with Crippen LogP contribution in [0.1, 0.15) is 25.7 Å². The monoisotopic (exact) mass is 272 g/mol. The molecule has 1 aliphatic carbocycles. The third kappa shape index (κ3) is 2.66. The standard InChI is InChI=1S/C16H22N3O/c20-15(19-12-10-17-11-13-19)16(8-4-5-9-16)18-14-6-2-1-3-7-14/h1-3,6-7,18H,4-5,8-13H2. The number of rotatable bonds is 3. The number of nitrogens with one attached hydrogen (secondary N) is 1. The zero-order valence-corrected chi connectivity index (χ0v) is 11.8. The minimum Gasteiger partial charge on any atom is -0.371 e. The molecule has 20 heavy (non-hydrogen) atoms. The van der Waals surface area contributed by atoms with E-state index in [1.165, 1.54) is 0 Å². The summed E-state index contributed by atoms with van der Waals surface area (Å²) in [4.78, 5) is 14.9. The lowest BCUT2D eigenvalue weighted by Gasteiger charge is -2.37. The summed E-state index contributed by atoms with van der Waals surface area (Å²) < 4.78 is 0. The van der Waals surface area contributed by atoms with Crippen molar-refractivity contribution in [3.63, 3.8) is 0 Å². The zero-order valence-electron chi connectivity index (χ0n) is 11.8. The maximum absolute atomic E-state index is 12.9. The van der Waals surface area contributed by atoms with Crippen LogP contribution in [-0.2, 0) is 4.79 Å². The zero-order chi connectivity index (χ0) is 13.8. The highest BCUT2D eigenvalue weighted by Crippen LogP contribution is 2.35. The summed E-state index contributed by atoms with van der Waals surface area (Å²) in [5.74, 6) is 0.272. The second-order valence-corrected chi connectivity index (χ2v) is 5.74. The molecule has 4 heteroatoms. The molecule has 0 atom stereocenters. The van der Waals surface area contributed by atoms with Gasteiger partial charge in [0.25, 0.3) is 0 Å². The number of hydrogen-bond acceptors (Lipinski definition) is 2. The first-order chi connectivity index (χ1) is 9.80. The van der Waals surface area contributed by atoms with Gasteiger partial charge in [-0.05, 0) is 25.0 Å². The van der Waals surface area contributed by atoms with Crippen LogP contribution in [0.5, 0.6) is 0 Å². The SMILES string of the molecule is O=C(N1CC[N]CC1)C1(Nc2ccccc2)CCCC1. The van der Waals surface area contributed by atoms with Crippen LogP contribution in [0.3, 0.4) is 0 Å². The van der Waals surface area contributed by atoms with Crippen LogP contribution in [0.25, 0.3) is 0 Å². The number of hydrogen-bond donors (Lipinski definition) is 1. The second-order valence-electron chi connectivity index (χ2n) is 5.74. The number of benzene rings is 1. The van der Waals surface area contributed by atoms with Gasteiger partial charge in [0.05, 0.1) is 0 Å². The maximum atomic E-state index is 12.9. The van der Waals surface area contributed by atoms with Crippen LogP contribution in [0.2, 0.25) is 0 Å². The minimum atomic E-state index is -0.390. The van der Waals surface area contributed by atoms with Gasteiger partial charge in [0.15, 0.2) is 0 Å². The fourth-order valence-electron chi connectivity index (χ4n) is 3.28. The molecule has 1 radical (unpaired) electrons. The van der Waals surface area contributed by atoms with E-state index >= 15 is 0 Å². The molecule has 1 heterocycles. The van der Waals surface area contributed by atoms with Crippen molar-refractivity contribution in [2.24, 2.45) is 0 Å². The molecule has 1 aromatic carbocycles. The van der Waals surface area contributed by atoms with Crippen molar-refractivity contribution in [1.29, 1.82) is 0 Å². The molecule has 1 N–H and O–H groups in total. The van der Waals surface area contributed by atoms with Crippen molar-refractivity contribution < 1.29 is 4.79 Å². The van der Waals surface area contributed by atoms with Crippen molar-refractivity contribution in [2.75, 3.05) is 31.5 Å². The number of carbonyl (C=O) groups excluding carboxylic acids is 1. The van der Waals surface area contributed by atoms with Crippen LogP contribution in [-0.4, -0.2) is 42.5 Å². The van der Waals surface area contributed by atoms with E-state index in [4.69, 9.17) is 0 Å². The molecule has 1 saturated carbocycles. The van der Waals surface area contributed by atoms with E-state index in [1.807, 2.05) is 35.2 Å². The normalized spacial score (nSPS) is 21.7. The molecular weight excluding hydrogens is 250 g/mol. The Morgan fingerprint density at radius 3 is 2.40 bits per heavy atom. The van der Waals surface area contributed by atoms with Crippen molar-refractivity contribution in [1.82, 2.24) is 10.2 Å². The molecule has 0 spiro atoms. The first-order valence-corrected chi connectivity index (χ1v) is 7.56. The average molecular weight is 272 g/mol. The first-order valence-electron chi connectivity index (χ1n) is 7.56. The number of nitrogens with zero attached hydrogens (tertiary/aromatic N) is 2. The molecule has 1 amide bonds. The minimum absolute atomic E-state index is 0.272. The number of piperazine rings is 1. The Labute approximate surface area is 120 Å². The van der Waals surface area contributed by atoms with E-state index in [2.05, 4.69) is 10.6 Å². The van der Waals surface area contributed by atoms with Crippen molar-refractivity contribution in [2.45, 2.75) is 31.2 Å². The molecule has 0 aromatic heterocycles. The molecule has 2 fully saturated rings. The van der Waals surface area contributed by atoms with Gasteiger partial charge in [-0.3, -0.25) is 4.79 Å². The number of para-hydroxylation sites is 1. The quantitative estimate of drug-likeness (QED) is 0.913. The lowest BCUT2D eigenvalue weighted by molar-refractivity contribution is -0.136. The summed E-state index contributed by atoms with van der Waals surface area (Å²) in [5.41, 5.74) is 0.656. The summed E-state index contributed by atoms with van der Waals surface area (Å²) >= 11 is 0. The number of carbonyl (C=O) groups is 1. The second kappa shape index (κ2) is 5.83. The highest BCUT2D eigenvalue weighted by Gasteiger charge is 2.43. The summed E-state index contributed by atoms with van der Waals surface area (Å²) in [6, 6.07) is 10.1. The molecule has 1 saturated heterocycles. The third-order valence-corrected chi connectivity index (χ3v) is 4.37. The van der Waals surface area contributed by atoms with Crippen molar-refractivity contribution in [3.8, 4) is 0 Å². The largest absolute Gasteiger partial charge is 0.371 e. The Morgan fingerprint density at radius 1 is 1.10 bits per heavy atom. The predicted molar refractivity (Wildman–Crippen MR) is 79.7 cm³/mol. The van der Waals surface area contributed by atoms with Gasteiger partial charge in [-0.25, -0.2) is 5.32 Å². The van der Waals surface area contributed by atoms with E-state index in [-0.39, 0.29) is 5.91 Å². The van der Waals surface area contributed by atoms with E-state index in [1.54, 1.807) is 0 Å². The molecule has 3 rings (SSSR count). The molecule has 1 aromatic rings. The number of amides is 1. The van der Waals surface area contributed by atoms with Crippen LogP contribution >= 0.6 is 0 Å². The summed E-state index contributed by atoms with van der Waals surface area (Å²) in [7, 11) is 0. The molecule has 2 aliphatic rings. The highest BCUT2D eigenvalue weighted by molar-refractivity contribution is 5.90. The van der Waals surface area contributed by atoms with E-state index < -0.39 is 5.54 Å². The lowest BCUT2D eigenvalue weighted by atomic mass is 9.94. The van der Waals surface area contributed by atoms with Gasteiger partial charge < -0.3 is 10.2 Å². The van der Waals surface area contributed by atoms with Gasteiger partial charge in [-0.2, -0.15) is 0 Å². The van der Waals surface area contributed by atoms with Gasteiger partial charge in [-0.15, -0.1) is 0 Å². The average Bonchev–Trinajstić information content (AvgIpc) is 2.98. The van der Waals surface area contributed by atoms with Crippen LogP contribution < -0.4 is 10.6 Å². The van der Waals surface area contributed by atoms with Crippen LogP contribution in [0.4, 0.5) is 5.69 Å². The highest BCUT2D eigenvalue weighted by atomic mass is 16.2. The smallest absolute Gasteiger partial charge is 0.248 e. The Morgan fingerprint density at radius 2 is 1.75 bits per heavy atom. The molecule has 107 valence electrons. The lowest BCUT2D eigenvalue weighted by Crippen LogP contribution is -2.56. The fourth-order valence-corrected chi connectivity index (χ4v) is 3.28. The Balaban J connectivity index is 1.78. The van der Waals surface area contributed by atoms with Gasteiger partial charge >= 0.3 is 0 Å². The van der Waals surface area contributed by atoms with Gasteiger partial charge in [0, 0.05) is 31.9 Å². The summed E-state index contributed by atoms with van der Waals surface area (Å²) in [6.45, 7) is 3.12. The Kier molecular flexibility index (Phi) is 3.92. The van der Waals surface area contributed by atoms with Gasteiger partial charge in [-0.1, -0.05) is 31.0 Å². The van der Waals surface area contributed by atoms with Crippen molar-refractivity contribution >= 4 is 11.6 Å². The van der Waals surface area contributed by atoms with Crippen molar-refractivity contribution in [3.05, 3.63) is 30.3 Å². The number of anilines is 1.